The zero-order valence-corrected chi connectivity index (χ0v) is 16.2. The van der Waals surface area contributed by atoms with E-state index in [-0.39, 0.29) is 6.03 Å². The highest BCUT2D eigenvalue weighted by Crippen LogP contribution is 2.21. The lowest BCUT2D eigenvalue weighted by Crippen LogP contribution is -2.42. The molecule has 8 heteroatoms. The Morgan fingerprint density at radius 2 is 1.66 bits per heavy atom. The van der Waals surface area contributed by atoms with Gasteiger partial charge < -0.3 is 30.6 Å². The van der Waals surface area contributed by atoms with Gasteiger partial charge in [0.15, 0.2) is 0 Å². The highest BCUT2D eigenvalue weighted by Gasteiger charge is 2.15. The molecule has 1 aliphatic rings. The molecule has 148 valence electrons. The minimum absolute atomic E-state index is 0.308. The summed E-state index contributed by atoms with van der Waals surface area (Å²) < 4.78 is 5.29. The van der Waals surface area contributed by atoms with Crippen LogP contribution in [0.15, 0.2) is 70.3 Å². The first-order valence-corrected chi connectivity index (χ1v) is 9.12. The Hall–Kier alpha value is -3.94. The number of anilines is 4. The first kappa shape index (κ1) is 18.4. The molecule has 4 rings (SSSR count). The van der Waals surface area contributed by atoms with Crippen LogP contribution in [0.4, 0.5) is 27.5 Å². The number of rotatable bonds is 4. The van der Waals surface area contributed by atoms with Crippen molar-refractivity contribution in [1.29, 1.82) is 0 Å². The molecule has 0 saturated heterocycles. The van der Waals surface area contributed by atoms with Gasteiger partial charge in [0, 0.05) is 36.8 Å². The summed E-state index contributed by atoms with van der Waals surface area (Å²) in [5, 5.41) is 6.42. The number of hydrogen-bond acceptors (Lipinski definition) is 6. The molecule has 2 heterocycles. The van der Waals surface area contributed by atoms with Crippen LogP contribution in [-0.2, 0) is 0 Å². The van der Waals surface area contributed by atoms with Crippen LogP contribution >= 0.6 is 0 Å². The van der Waals surface area contributed by atoms with Crippen molar-refractivity contribution in [3.63, 3.8) is 0 Å². The van der Waals surface area contributed by atoms with Crippen molar-refractivity contribution >= 4 is 34.6 Å². The summed E-state index contributed by atoms with van der Waals surface area (Å²) in [5.74, 6) is 0.586. The molecule has 0 fully saturated rings. The smallest absolute Gasteiger partial charge is 0.323 e. The first-order chi connectivity index (χ1) is 14.0. The van der Waals surface area contributed by atoms with E-state index in [4.69, 9.17) is 10.2 Å². The molecule has 0 saturated carbocycles. The van der Waals surface area contributed by atoms with Crippen LogP contribution in [-0.4, -0.2) is 26.8 Å². The van der Waals surface area contributed by atoms with E-state index in [9.17, 15) is 4.79 Å². The molecule has 1 aromatic heterocycles. The third-order valence-electron chi connectivity index (χ3n) is 4.65. The van der Waals surface area contributed by atoms with Gasteiger partial charge in [-0.15, -0.1) is 0 Å². The summed E-state index contributed by atoms with van der Waals surface area (Å²) in [6.07, 6.45) is 1.57. The zero-order valence-electron chi connectivity index (χ0n) is 16.2. The average molecular weight is 390 g/mol. The fraction of sp³-hybridized carbons (Fsp3) is 0.143. The molecule has 0 unspecified atom stereocenters. The molecule has 0 radical (unpaired) electrons. The van der Waals surface area contributed by atoms with Gasteiger partial charge in [0.05, 0.1) is 11.5 Å². The molecular formula is C21H22N6O2. The van der Waals surface area contributed by atoms with Crippen molar-refractivity contribution in [3.8, 4) is 0 Å². The van der Waals surface area contributed by atoms with Gasteiger partial charge in [0.2, 0.25) is 5.55 Å². The largest absolute Gasteiger partial charge is 0.446 e. The Labute approximate surface area is 167 Å². The first-order valence-electron chi connectivity index (χ1n) is 9.12. The highest BCUT2D eigenvalue weighted by atomic mass is 16.3. The maximum atomic E-state index is 12.3. The lowest BCUT2D eigenvalue weighted by Gasteiger charge is -2.24. The van der Waals surface area contributed by atoms with Gasteiger partial charge in [-0.2, -0.15) is 0 Å². The second-order valence-corrected chi connectivity index (χ2v) is 6.82. The monoisotopic (exact) mass is 390 g/mol. The second-order valence-electron chi connectivity index (χ2n) is 6.82. The van der Waals surface area contributed by atoms with Crippen molar-refractivity contribution in [2.45, 2.75) is 0 Å². The van der Waals surface area contributed by atoms with Crippen molar-refractivity contribution in [1.82, 2.24) is 0 Å². The number of nitrogens with one attached hydrogen (secondary N) is 2. The number of urea groups is 1. The normalized spacial score (nSPS) is 12.8. The summed E-state index contributed by atoms with van der Waals surface area (Å²) in [6.45, 7) is 0.378. The maximum absolute atomic E-state index is 12.3. The minimum atomic E-state index is -0.308. The van der Waals surface area contributed by atoms with Crippen molar-refractivity contribution in [2.24, 2.45) is 10.7 Å². The van der Waals surface area contributed by atoms with Gasteiger partial charge in [-0.1, -0.05) is 0 Å². The predicted molar refractivity (Wildman–Crippen MR) is 114 cm³/mol. The fourth-order valence-corrected chi connectivity index (χ4v) is 3.06. The van der Waals surface area contributed by atoms with Crippen molar-refractivity contribution < 1.29 is 9.21 Å². The molecule has 29 heavy (non-hydrogen) atoms. The summed E-state index contributed by atoms with van der Waals surface area (Å²) in [6, 6.07) is 16.5. The summed E-state index contributed by atoms with van der Waals surface area (Å²) >= 11 is 0. The topological polar surface area (TPSA) is 99.1 Å². The van der Waals surface area contributed by atoms with Gasteiger partial charge in [-0.3, -0.25) is 0 Å². The molecule has 0 bridgehead atoms. The molecule has 0 aliphatic carbocycles. The Bertz CT molecular complexity index is 1130. The standard InChI is InChI=1S/C21H22N6O2/c1-26(2)16-7-3-14(4-8-16)24-21(28)25-15-5-9-17(10-6-15)27-13-23-20-18(19(27)22)11-12-29-20/h3-12H,13,22H2,1-2H3,(H2,24,25,28). The molecule has 2 aromatic carbocycles. The van der Waals surface area contributed by atoms with E-state index in [1.807, 2.05) is 72.4 Å². The zero-order chi connectivity index (χ0) is 20.4. The minimum Gasteiger partial charge on any atom is -0.446 e. The summed E-state index contributed by atoms with van der Waals surface area (Å²) in [7, 11) is 3.94. The molecule has 3 aromatic rings. The van der Waals surface area contributed by atoms with Crippen LogP contribution in [0.25, 0.3) is 5.82 Å². The predicted octanol–water partition coefficient (Wildman–Crippen LogP) is 2.11. The number of carbonyl (C=O) groups is 1. The van der Waals surface area contributed by atoms with E-state index < -0.39 is 0 Å². The van der Waals surface area contributed by atoms with E-state index >= 15 is 0 Å². The molecule has 1 aliphatic heterocycles. The van der Waals surface area contributed by atoms with Gasteiger partial charge in [0.1, 0.15) is 12.5 Å². The Balaban J connectivity index is 1.41. The van der Waals surface area contributed by atoms with Gasteiger partial charge in [-0.25, -0.2) is 9.79 Å². The number of benzene rings is 2. The molecule has 2 amide bonds. The highest BCUT2D eigenvalue weighted by molar-refractivity contribution is 6.00. The number of carbonyl (C=O) groups excluding carboxylic acids is 1. The van der Waals surface area contributed by atoms with Crippen LogP contribution in [0.2, 0.25) is 0 Å². The van der Waals surface area contributed by atoms with Crippen LogP contribution in [0, 0.1) is 0 Å². The Morgan fingerprint density at radius 1 is 1.03 bits per heavy atom. The molecule has 8 nitrogen and oxygen atoms in total. The van der Waals surface area contributed by atoms with Crippen LogP contribution in [0.1, 0.15) is 0 Å². The average Bonchev–Trinajstić information content (AvgIpc) is 3.19. The third-order valence-corrected chi connectivity index (χ3v) is 4.65. The fourth-order valence-electron chi connectivity index (χ4n) is 3.06. The number of fused-ring (bicyclic) bond motifs is 1. The number of furan rings is 1. The lowest BCUT2D eigenvalue weighted by atomic mass is 10.2. The van der Waals surface area contributed by atoms with Crippen LogP contribution in [0.3, 0.4) is 0 Å². The number of hydrogen-bond donors (Lipinski definition) is 3. The van der Waals surface area contributed by atoms with E-state index in [0.717, 1.165) is 22.3 Å². The van der Waals surface area contributed by atoms with Crippen molar-refractivity contribution in [2.75, 3.05) is 41.2 Å². The molecular weight excluding hydrogens is 368 g/mol. The SMILES string of the molecule is CN(C)c1ccc(NC(=O)Nc2ccc(N3CN=c4occc4=C3N)cc2)cc1. The third kappa shape index (κ3) is 3.86. The number of nitrogens with zero attached hydrogens (tertiary/aromatic N) is 3. The maximum Gasteiger partial charge on any atom is 0.323 e. The van der Waals surface area contributed by atoms with Crippen molar-refractivity contribution in [3.05, 3.63) is 71.6 Å². The summed E-state index contributed by atoms with van der Waals surface area (Å²) in [5.41, 5.74) is 10.1. The number of amides is 2. The van der Waals surface area contributed by atoms with Gasteiger partial charge in [0.25, 0.3) is 0 Å². The van der Waals surface area contributed by atoms with E-state index in [2.05, 4.69) is 15.6 Å². The Morgan fingerprint density at radius 3 is 2.28 bits per heavy atom. The molecule has 0 spiro atoms. The van der Waals surface area contributed by atoms with E-state index in [1.54, 1.807) is 12.3 Å². The molecule has 4 N–H and O–H groups in total. The van der Waals surface area contributed by atoms with Gasteiger partial charge >= 0.3 is 6.03 Å². The van der Waals surface area contributed by atoms with Crippen LogP contribution < -0.4 is 36.9 Å². The Kier molecular flexibility index (Phi) is 4.82. The number of nitrogens with two attached hydrogens (primary N) is 1. The summed E-state index contributed by atoms with van der Waals surface area (Å²) in [4.78, 5) is 20.5. The second kappa shape index (κ2) is 7.59. The van der Waals surface area contributed by atoms with E-state index in [1.165, 1.54) is 0 Å². The molecule has 0 atom stereocenters. The quantitative estimate of drug-likeness (QED) is 0.634. The van der Waals surface area contributed by atoms with E-state index in [0.29, 0.717) is 23.7 Å². The lowest BCUT2D eigenvalue weighted by molar-refractivity contribution is 0.262. The van der Waals surface area contributed by atoms with Crippen LogP contribution in [0.5, 0.6) is 0 Å². The van der Waals surface area contributed by atoms with Gasteiger partial charge in [-0.05, 0) is 54.6 Å².